The third-order valence-corrected chi connectivity index (χ3v) is 3.82. The number of hydrogen-bond donors (Lipinski definition) is 0. The van der Waals surface area contributed by atoms with Gasteiger partial charge in [0.1, 0.15) is 0 Å². The fourth-order valence-corrected chi connectivity index (χ4v) is 2.96. The Morgan fingerprint density at radius 1 is 1.40 bits per heavy atom. The molecule has 1 aliphatic carbocycles. The Bertz CT molecular complexity index is 129. The largest absolute Gasteiger partial charge is 0.381 e. The van der Waals surface area contributed by atoms with E-state index in [0.717, 1.165) is 24.5 Å². The van der Waals surface area contributed by atoms with Crippen LogP contribution in [0, 0.1) is 11.3 Å². The summed E-state index contributed by atoms with van der Waals surface area (Å²) >= 11 is 3.55. The quantitative estimate of drug-likeness (QED) is 0.596. The molecule has 1 atom stereocenters. The molecule has 2 heteroatoms. The Kier molecular flexibility index (Phi) is 1.77. The highest BCUT2D eigenvalue weighted by Crippen LogP contribution is 2.59. The van der Waals surface area contributed by atoms with Crippen molar-refractivity contribution in [2.75, 3.05) is 18.5 Å². The maximum atomic E-state index is 5.32. The highest BCUT2D eigenvalue weighted by atomic mass is 79.9. The first-order valence-corrected chi connectivity index (χ1v) is 5.13. The molecule has 0 radical (unpaired) electrons. The van der Waals surface area contributed by atoms with Gasteiger partial charge in [-0.2, -0.15) is 0 Å². The second-order valence-electron chi connectivity index (χ2n) is 3.53. The molecule has 0 aromatic rings. The van der Waals surface area contributed by atoms with Gasteiger partial charge in [-0.1, -0.05) is 15.9 Å². The lowest BCUT2D eigenvalue weighted by molar-refractivity contribution is 0.0533. The van der Waals surface area contributed by atoms with Gasteiger partial charge < -0.3 is 4.74 Å². The molecule has 1 saturated heterocycles. The smallest absolute Gasteiger partial charge is 0.0471 e. The third-order valence-electron chi connectivity index (χ3n) is 3.03. The van der Waals surface area contributed by atoms with Crippen molar-refractivity contribution in [2.45, 2.75) is 19.3 Å². The normalized spacial score (nSPS) is 36.3. The lowest BCUT2D eigenvalue weighted by Gasteiger charge is -2.22. The third kappa shape index (κ3) is 1.02. The summed E-state index contributed by atoms with van der Waals surface area (Å²) in [6, 6.07) is 0. The SMILES string of the molecule is BrCC1CC12CCOCC2. The molecule has 0 aromatic heterocycles. The number of ether oxygens (including phenoxy) is 1. The van der Waals surface area contributed by atoms with E-state index in [9.17, 15) is 0 Å². The van der Waals surface area contributed by atoms with E-state index in [4.69, 9.17) is 4.74 Å². The van der Waals surface area contributed by atoms with Crippen molar-refractivity contribution in [3.63, 3.8) is 0 Å². The molecule has 1 heterocycles. The van der Waals surface area contributed by atoms with Crippen LogP contribution in [0.5, 0.6) is 0 Å². The average Bonchev–Trinajstić information content (AvgIpc) is 2.65. The molecule has 0 bridgehead atoms. The van der Waals surface area contributed by atoms with Gasteiger partial charge >= 0.3 is 0 Å². The fraction of sp³-hybridized carbons (Fsp3) is 1.00. The minimum absolute atomic E-state index is 0.724. The van der Waals surface area contributed by atoms with Gasteiger partial charge in [0, 0.05) is 18.5 Å². The van der Waals surface area contributed by atoms with Crippen molar-refractivity contribution >= 4 is 15.9 Å². The monoisotopic (exact) mass is 204 g/mol. The zero-order valence-electron chi connectivity index (χ0n) is 6.11. The summed E-state index contributed by atoms with van der Waals surface area (Å²) in [6.45, 7) is 2.01. The molecule has 1 nitrogen and oxygen atoms in total. The molecule has 1 spiro atoms. The standard InChI is InChI=1S/C8H13BrO/c9-6-7-5-8(7)1-3-10-4-2-8/h7H,1-6H2. The zero-order valence-corrected chi connectivity index (χ0v) is 7.69. The minimum atomic E-state index is 0.724. The van der Waals surface area contributed by atoms with Gasteiger partial charge in [0.2, 0.25) is 0 Å². The Morgan fingerprint density at radius 2 is 2.10 bits per heavy atom. The van der Waals surface area contributed by atoms with Gasteiger partial charge in [-0.15, -0.1) is 0 Å². The van der Waals surface area contributed by atoms with Crippen LogP contribution in [0.25, 0.3) is 0 Å². The number of hydrogen-bond acceptors (Lipinski definition) is 1. The molecular formula is C8H13BrO. The first-order chi connectivity index (χ1) is 4.87. The predicted octanol–water partition coefficient (Wildman–Crippen LogP) is 2.20. The molecule has 1 aliphatic heterocycles. The summed E-state index contributed by atoms with van der Waals surface area (Å²) < 4.78 is 5.32. The molecular weight excluding hydrogens is 192 g/mol. The van der Waals surface area contributed by atoms with E-state index in [2.05, 4.69) is 15.9 Å². The fourth-order valence-electron chi connectivity index (χ4n) is 2.04. The highest BCUT2D eigenvalue weighted by molar-refractivity contribution is 9.09. The second-order valence-corrected chi connectivity index (χ2v) is 4.18. The van der Waals surface area contributed by atoms with Crippen molar-refractivity contribution < 1.29 is 4.74 Å². The van der Waals surface area contributed by atoms with E-state index in [1.165, 1.54) is 24.6 Å². The van der Waals surface area contributed by atoms with Crippen LogP contribution in [0.1, 0.15) is 19.3 Å². The van der Waals surface area contributed by atoms with Gasteiger partial charge in [-0.05, 0) is 30.6 Å². The highest BCUT2D eigenvalue weighted by Gasteiger charge is 2.53. The summed E-state index contributed by atoms with van der Waals surface area (Å²) in [6.07, 6.45) is 4.06. The Balaban J connectivity index is 1.92. The lowest BCUT2D eigenvalue weighted by Crippen LogP contribution is -2.18. The van der Waals surface area contributed by atoms with Gasteiger partial charge in [0.15, 0.2) is 0 Å². The first kappa shape index (κ1) is 7.11. The molecule has 2 rings (SSSR count). The van der Waals surface area contributed by atoms with Crippen molar-refractivity contribution in [3.8, 4) is 0 Å². The first-order valence-electron chi connectivity index (χ1n) is 4.01. The topological polar surface area (TPSA) is 9.23 Å². The number of rotatable bonds is 1. The van der Waals surface area contributed by atoms with Crippen molar-refractivity contribution in [3.05, 3.63) is 0 Å². The Labute approximate surface area is 70.3 Å². The molecule has 2 fully saturated rings. The minimum Gasteiger partial charge on any atom is -0.381 e. The number of halogens is 1. The average molecular weight is 205 g/mol. The Hall–Kier alpha value is 0.440. The summed E-state index contributed by atoms with van der Waals surface area (Å²) in [4.78, 5) is 0. The number of alkyl halides is 1. The van der Waals surface area contributed by atoms with E-state index in [0.29, 0.717) is 0 Å². The molecule has 0 N–H and O–H groups in total. The predicted molar refractivity (Wildman–Crippen MR) is 44.4 cm³/mol. The van der Waals surface area contributed by atoms with E-state index >= 15 is 0 Å². The van der Waals surface area contributed by atoms with E-state index in [-0.39, 0.29) is 0 Å². The lowest BCUT2D eigenvalue weighted by atomic mass is 9.94. The second kappa shape index (κ2) is 2.49. The van der Waals surface area contributed by atoms with Crippen LogP contribution in [0.2, 0.25) is 0 Å². The molecule has 58 valence electrons. The van der Waals surface area contributed by atoms with Crippen LogP contribution >= 0.6 is 15.9 Å². The van der Waals surface area contributed by atoms with Gasteiger partial charge in [0.05, 0.1) is 0 Å². The maximum Gasteiger partial charge on any atom is 0.0471 e. The Morgan fingerprint density at radius 3 is 2.60 bits per heavy atom. The van der Waals surface area contributed by atoms with Crippen molar-refractivity contribution in [1.82, 2.24) is 0 Å². The summed E-state index contributed by atoms with van der Waals surface area (Å²) in [5.41, 5.74) is 0.724. The van der Waals surface area contributed by atoms with Crippen molar-refractivity contribution in [1.29, 1.82) is 0 Å². The zero-order chi connectivity index (χ0) is 7.03. The van der Waals surface area contributed by atoms with Crippen LogP contribution in [-0.4, -0.2) is 18.5 Å². The molecule has 0 amide bonds. The van der Waals surface area contributed by atoms with E-state index in [1.54, 1.807) is 0 Å². The summed E-state index contributed by atoms with van der Waals surface area (Å²) in [5.74, 6) is 0.969. The maximum absolute atomic E-state index is 5.32. The van der Waals surface area contributed by atoms with Gasteiger partial charge in [-0.25, -0.2) is 0 Å². The molecule has 0 aromatic carbocycles. The van der Waals surface area contributed by atoms with Crippen LogP contribution in [0.4, 0.5) is 0 Å². The van der Waals surface area contributed by atoms with Crippen LogP contribution in [0.3, 0.4) is 0 Å². The summed E-state index contributed by atoms with van der Waals surface area (Å²) in [7, 11) is 0. The molecule has 10 heavy (non-hydrogen) atoms. The van der Waals surface area contributed by atoms with E-state index in [1.807, 2.05) is 0 Å². The molecule has 2 aliphatic rings. The van der Waals surface area contributed by atoms with Crippen LogP contribution in [0.15, 0.2) is 0 Å². The molecule has 1 unspecified atom stereocenters. The van der Waals surface area contributed by atoms with Gasteiger partial charge in [0.25, 0.3) is 0 Å². The van der Waals surface area contributed by atoms with Crippen molar-refractivity contribution in [2.24, 2.45) is 11.3 Å². The van der Waals surface area contributed by atoms with Crippen LogP contribution in [-0.2, 0) is 4.74 Å². The van der Waals surface area contributed by atoms with Gasteiger partial charge in [-0.3, -0.25) is 0 Å². The molecule has 1 saturated carbocycles. The van der Waals surface area contributed by atoms with Crippen LogP contribution < -0.4 is 0 Å². The summed E-state index contributed by atoms with van der Waals surface area (Å²) in [5, 5.41) is 1.20. The van der Waals surface area contributed by atoms with E-state index < -0.39 is 0 Å².